The van der Waals surface area contributed by atoms with Crippen LogP contribution in [0.3, 0.4) is 0 Å². The maximum atomic E-state index is 12.8. The second kappa shape index (κ2) is 16.2. The standard InChI is InChI=1S/C30H38N2O6/c33-21-26(19-23-13-15-27(16-14-23)38-22-24-9-5-4-6-10-24)32-28(34)20-25-11-7-2-1-3-8-12-29(35)37-18-17-31-30(25)36/h2,4-7,9-10,13-16,25-26,33H,1,3,8,11-12,17-22H2,(H,31,36)(H,32,34)/t25-,26+/m1/s1. The van der Waals surface area contributed by atoms with Crippen LogP contribution in [0, 0.1) is 5.92 Å². The molecule has 3 rings (SSSR count). The molecule has 0 radical (unpaired) electrons. The Kier molecular flexibility index (Phi) is 12.4. The molecule has 8 nitrogen and oxygen atoms in total. The third-order valence-corrected chi connectivity index (χ3v) is 6.30. The van der Waals surface area contributed by atoms with E-state index in [9.17, 15) is 19.5 Å². The SMILES string of the molecule is O=C(C[C@H]1CC=CCCCCC(=O)OCCNC1=O)N[C@H](CO)Cc1ccc(OCc2ccccc2)cc1. The minimum atomic E-state index is -0.551. The van der Waals surface area contributed by atoms with Gasteiger partial charge in [0.15, 0.2) is 0 Å². The summed E-state index contributed by atoms with van der Waals surface area (Å²) in [4.78, 5) is 37.2. The van der Waals surface area contributed by atoms with Gasteiger partial charge in [-0.25, -0.2) is 0 Å². The summed E-state index contributed by atoms with van der Waals surface area (Å²) in [5.74, 6) is -0.631. The van der Waals surface area contributed by atoms with E-state index in [1.165, 1.54) is 0 Å². The van der Waals surface area contributed by atoms with Gasteiger partial charge in [0.2, 0.25) is 11.8 Å². The second-order valence-corrected chi connectivity index (χ2v) is 9.43. The van der Waals surface area contributed by atoms with E-state index in [0.29, 0.717) is 25.9 Å². The summed E-state index contributed by atoms with van der Waals surface area (Å²) in [5.41, 5.74) is 2.03. The predicted molar refractivity (Wildman–Crippen MR) is 144 cm³/mol. The van der Waals surface area contributed by atoms with Gasteiger partial charge in [-0.2, -0.15) is 0 Å². The number of cyclic esters (lactones) is 1. The quantitative estimate of drug-likeness (QED) is 0.343. The summed E-state index contributed by atoms with van der Waals surface area (Å²) in [6, 6.07) is 17.0. The first kappa shape index (κ1) is 28.9. The van der Waals surface area contributed by atoms with E-state index in [1.807, 2.05) is 66.7 Å². The Morgan fingerprint density at radius 3 is 2.61 bits per heavy atom. The van der Waals surface area contributed by atoms with Crippen LogP contribution in [0.2, 0.25) is 0 Å². The highest BCUT2D eigenvalue weighted by Crippen LogP contribution is 2.16. The van der Waals surface area contributed by atoms with Crippen LogP contribution in [0.1, 0.15) is 49.7 Å². The molecule has 0 spiro atoms. The molecule has 204 valence electrons. The van der Waals surface area contributed by atoms with Gasteiger partial charge >= 0.3 is 5.97 Å². The van der Waals surface area contributed by atoms with Crippen LogP contribution < -0.4 is 15.4 Å². The topological polar surface area (TPSA) is 114 Å². The van der Waals surface area contributed by atoms with Gasteiger partial charge in [-0.1, -0.05) is 54.6 Å². The highest BCUT2D eigenvalue weighted by Gasteiger charge is 2.22. The summed E-state index contributed by atoms with van der Waals surface area (Å²) in [7, 11) is 0. The van der Waals surface area contributed by atoms with E-state index in [4.69, 9.17) is 9.47 Å². The number of amides is 2. The fourth-order valence-electron chi connectivity index (χ4n) is 4.17. The molecule has 2 aromatic rings. The van der Waals surface area contributed by atoms with Crippen molar-refractivity contribution in [2.75, 3.05) is 19.8 Å². The molecule has 8 heteroatoms. The normalized spacial score (nSPS) is 18.0. The summed E-state index contributed by atoms with van der Waals surface area (Å²) >= 11 is 0. The first-order chi connectivity index (χ1) is 18.5. The molecule has 1 aliphatic rings. The number of carbonyl (C=O) groups excluding carboxylic acids is 3. The minimum absolute atomic E-state index is 0.00127. The third-order valence-electron chi connectivity index (χ3n) is 6.30. The number of carbonyl (C=O) groups is 3. The van der Waals surface area contributed by atoms with Gasteiger partial charge in [-0.15, -0.1) is 0 Å². The van der Waals surface area contributed by atoms with Crippen molar-refractivity contribution in [2.45, 2.75) is 57.6 Å². The fourth-order valence-corrected chi connectivity index (χ4v) is 4.17. The minimum Gasteiger partial charge on any atom is -0.489 e. The van der Waals surface area contributed by atoms with Crippen LogP contribution >= 0.6 is 0 Å². The van der Waals surface area contributed by atoms with Crippen molar-refractivity contribution in [3.63, 3.8) is 0 Å². The summed E-state index contributed by atoms with van der Waals surface area (Å²) in [5, 5.41) is 15.5. The first-order valence-corrected chi connectivity index (χ1v) is 13.3. The van der Waals surface area contributed by atoms with Crippen molar-refractivity contribution in [1.82, 2.24) is 10.6 Å². The van der Waals surface area contributed by atoms with Crippen molar-refractivity contribution in [3.8, 4) is 5.75 Å². The number of allylic oxidation sites excluding steroid dienone is 2. The highest BCUT2D eigenvalue weighted by atomic mass is 16.5. The molecule has 38 heavy (non-hydrogen) atoms. The van der Waals surface area contributed by atoms with Crippen LogP contribution in [0.4, 0.5) is 0 Å². The fraction of sp³-hybridized carbons (Fsp3) is 0.433. The number of hydrogen-bond donors (Lipinski definition) is 3. The molecule has 0 aliphatic carbocycles. The molecule has 3 N–H and O–H groups in total. The average molecular weight is 523 g/mol. The Morgan fingerprint density at radius 2 is 1.84 bits per heavy atom. The van der Waals surface area contributed by atoms with Crippen molar-refractivity contribution in [2.24, 2.45) is 5.92 Å². The lowest BCUT2D eigenvalue weighted by Gasteiger charge is -2.20. The lowest BCUT2D eigenvalue weighted by Crippen LogP contribution is -2.42. The number of ether oxygens (including phenoxy) is 2. The largest absolute Gasteiger partial charge is 0.489 e. The molecule has 0 aromatic heterocycles. The molecular formula is C30H38N2O6. The Morgan fingerprint density at radius 1 is 1.05 bits per heavy atom. The van der Waals surface area contributed by atoms with E-state index in [-0.39, 0.29) is 44.0 Å². The Balaban J connectivity index is 1.50. The predicted octanol–water partition coefficient (Wildman–Crippen LogP) is 3.47. The van der Waals surface area contributed by atoms with Crippen LogP contribution in [0.15, 0.2) is 66.7 Å². The number of benzene rings is 2. The van der Waals surface area contributed by atoms with Crippen molar-refractivity contribution in [3.05, 3.63) is 77.9 Å². The van der Waals surface area contributed by atoms with Gasteiger partial charge in [-0.3, -0.25) is 14.4 Å². The number of hydrogen-bond acceptors (Lipinski definition) is 6. The van der Waals surface area contributed by atoms with Crippen LogP contribution in [0.5, 0.6) is 5.75 Å². The van der Waals surface area contributed by atoms with Gasteiger partial charge in [0.25, 0.3) is 0 Å². The third kappa shape index (κ3) is 10.8. The molecule has 0 unspecified atom stereocenters. The van der Waals surface area contributed by atoms with Crippen molar-refractivity contribution in [1.29, 1.82) is 0 Å². The summed E-state index contributed by atoms with van der Waals surface area (Å²) in [6.45, 7) is 0.573. The van der Waals surface area contributed by atoms with Gasteiger partial charge in [0.1, 0.15) is 19.0 Å². The lowest BCUT2D eigenvalue weighted by molar-refractivity contribution is -0.144. The molecule has 1 aliphatic heterocycles. The van der Waals surface area contributed by atoms with E-state index < -0.39 is 12.0 Å². The second-order valence-electron chi connectivity index (χ2n) is 9.43. The maximum Gasteiger partial charge on any atom is 0.305 e. The van der Waals surface area contributed by atoms with Crippen molar-refractivity contribution >= 4 is 17.8 Å². The van der Waals surface area contributed by atoms with Gasteiger partial charge in [0, 0.05) is 12.8 Å². The van der Waals surface area contributed by atoms with Gasteiger partial charge < -0.3 is 25.2 Å². The number of nitrogens with one attached hydrogen (secondary N) is 2. The molecule has 0 fully saturated rings. The zero-order valence-electron chi connectivity index (χ0n) is 21.8. The monoisotopic (exact) mass is 522 g/mol. The smallest absolute Gasteiger partial charge is 0.305 e. The maximum absolute atomic E-state index is 12.8. The van der Waals surface area contributed by atoms with E-state index >= 15 is 0 Å². The highest BCUT2D eigenvalue weighted by molar-refractivity contribution is 5.86. The molecule has 1 heterocycles. The number of rotatable bonds is 9. The zero-order chi connectivity index (χ0) is 27.0. The summed E-state index contributed by atoms with van der Waals surface area (Å²) < 4.78 is 10.9. The van der Waals surface area contributed by atoms with Gasteiger partial charge in [0.05, 0.1) is 25.1 Å². The number of aliphatic hydroxyl groups excluding tert-OH is 1. The molecular weight excluding hydrogens is 484 g/mol. The molecule has 2 amide bonds. The molecule has 0 saturated carbocycles. The lowest BCUT2D eigenvalue weighted by atomic mass is 9.98. The van der Waals surface area contributed by atoms with E-state index in [0.717, 1.165) is 36.1 Å². The average Bonchev–Trinajstić information content (AvgIpc) is 2.93. The zero-order valence-corrected chi connectivity index (χ0v) is 21.8. The van der Waals surface area contributed by atoms with Crippen LogP contribution in [-0.4, -0.2) is 48.7 Å². The number of esters is 1. The first-order valence-electron chi connectivity index (χ1n) is 13.3. The van der Waals surface area contributed by atoms with Crippen LogP contribution in [0.25, 0.3) is 0 Å². The van der Waals surface area contributed by atoms with Gasteiger partial charge in [-0.05, 0) is 55.4 Å². The Hall–Kier alpha value is -3.65. The number of aliphatic hydroxyl groups is 1. The molecule has 2 aromatic carbocycles. The molecule has 0 saturated heterocycles. The van der Waals surface area contributed by atoms with E-state index in [2.05, 4.69) is 10.6 Å². The van der Waals surface area contributed by atoms with Crippen molar-refractivity contribution < 1.29 is 29.0 Å². The molecule has 2 atom stereocenters. The van der Waals surface area contributed by atoms with Crippen LogP contribution in [-0.2, 0) is 32.1 Å². The van der Waals surface area contributed by atoms with E-state index in [1.54, 1.807) is 0 Å². The molecule has 0 bridgehead atoms. The Labute approximate surface area is 224 Å². The Bertz CT molecular complexity index is 1040. The summed E-state index contributed by atoms with van der Waals surface area (Å²) in [6.07, 6.45) is 7.59.